The third kappa shape index (κ3) is 1.30. The minimum atomic E-state index is 0. The van der Waals surface area contributed by atoms with Crippen molar-refractivity contribution in [2.75, 3.05) is 0 Å². The molecular formula is C9H11NO. The van der Waals surface area contributed by atoms with Gasteiger partial charge in [-0.25, -0.2) is 0 Å². The second-order valence-corrected chi connectivity index (χ2v) is 2.62. The third-order valence-corrected chi connectivity index (χ3v) is 1.89. The van der Waals surface area contributed by atoms with Crippen molar-refractivity contribution in [1.82, 2.24) is 6.15 Å². The molecule has 0 fully saturated rings. The Bertz CT molecular complexity index is 281. The molecule has 3 N–H and O–H groups in total. The van der Waals surface area contributed by atoms with Crippen molar-refractivity contribution >= 4 is 5.78 Å². The zero-order valence-corrected chi connectivity index (χ0v) is 6.34. The molecule has 1 aromatic carbocycles. The van der Waals surface area contributed by atoms with Gasteiger partial charge < -0.3 is 6.15 Å². The zero-order chi connectivity index (χ0) is 6.97. The van der Waals surface area contributed by atoms with Crippen molar-refractivity contribution in [2.45, 2.75) is 12.8 Å². The molecule has 0 amide bonds. The molecule has 0 heterocycles. The van der Waals surface area contributed by atoms with Crippen LogP contribution in [0.2, 0.25) is 0 Å². The maximum absolute atomic E-state index is 11.1. The molecule has 2 rings (SSSR count). The van der Waals surface area contributed by atoms with Gasteiger partial charge in [0.15, 0.2) is 5.78 Å². The maximum Gasteiger partial charge on any atom is 0.163 e. The molecule has 0 unspecified atom stereocenters. The summed E-state index contributed by atoms with van der Waals surface area (Å²) in [6.45, 7) is 0. The number of fused-ring (bicyclic) bond motifs is 2. The molecule has 2 nitrogen and oxygen atoms in total. The SMILES string of the molecule is N.O=C1CCc2cccc1c2. The van der Waals surface area contributed by atoms with Crippen molar-refractivity contribution in [3.8, 4) is 0 Å². The Balaban J connectivity index is 0.000000605. The van der Waals surface area contributed by atoms with Gasteiger partial charge in [-0.3, -0.25) is 4.79 Å². The van der Waals surface area contributed by atoms with E-state index in [9.17, 15) is 4.79 Å². The fourth-order valence-corrected chi connectivity index (χ4v) is 1.30. The lowest BCUT2D eigenvalue weighted by atomic mass is 9.95. The van der Waals surface area contributed by atoms with Crippen LogP contribution in [-0.2, 0) is 6.42 Å². The summed E-state index contributed by atoms with van der Waals surface area (Å²) in [7, 11) is 0. The van der Waals surface area contributed by atoms with Crippen LogP contribution < -0.4 is 6.15 Å². The highest BCUT2D eigenvalue weighted by Crippen LogP contribution is 2.15. The van der Waals surface area contributed by atoms with Gasteiger partial charge in [0.1, 0.15) is 0 Å². The fraction of sp³-hybridized carbons (Fsp3) is 0.222. The fourth-order valence-electron chi connectivity index (χ4n) is 1.30. The first-order valence-corrected chi connectivity index (χ1v) is 3.48. The summed E-state index contributed by atoms with van der Waals surface area (Å²) in [5.41, 5.74) is 2.17. The first-order chi connectivity index (χ1) is 4.86. The molecule has 0 aliphatic heterocycles. The summed E-state index contributed by atoms with van der Waals surface area (Å²) >= 11 is 0. The highest BCUT2D eigenvalue weighted by atomic mass is 16.1. The normalized spacial score (nSPS) is 14.0. The highest BCUT2D eigenvalue weighted by Gasteiger charge is 2.11. The predicted octanol–water partition coefficient (Wildman–Crippen LogP) is 1.98. The Morgan fingerprint density at radius 1 is 1.18 bits per heavy atom. The molecule has 1 aliphatic carbocycles. The van der Waals surface area contributed by atoms with E-state index >= 15 is 0 Å². The molecule has 0 atom stereocenters. The first-order valence-electron chi connectivity index (χ1n) is 3.48. The molecule has 1 aliphatic rings. The Hall–Kier alpha value is -1.15. The molecular weight excluding hydrogens is 138 g/mol. The predicted molar refractivity (Wildman–Crippen MR) is 44.1 cm³/mol. The average Bonchev–Trinajstić information content (AvgIpc) is 1.99. The van der Waals surface area contributed by atoms with Crippen molar-refractivity contribution in [3.63, 3.8) is 0 Å². The van der Waals surface area contributed by atoms with E-state index in [1.54, 1.807) is 0 Å². The molecule has 0 saturated heterocycles. The van der Waals surface area contributed by atoms with Crippen molar-refractivity contribution in [3.05, 3.63) is 35.4 Å². The lowest BCUT2D eigenvalue weighted by molar-refractivity contribution is 0.0979. The van der Waals surface area contributed by atoms with Crippen LogP contribution in [0, 0.1) is 0 Å². The van der Waals surface area contributed by atoms with Crippen LogP contribution in [0.25, 0.3) is 0 Å². The first kappa shape index (κ1) is 7.95. The Labute approximate surface area is 65.8 Å². The van der Waals surface area contributed by atoms with E-state index in [0.717, 1.165) is 12.0 Å². The maximum atomic E-state index is 11.1. The lowest BCUT2D eigenvalue weighted by Gasteiger charge is -2.09. The van der Waals surface area contributed by atoms with Crippen LogP contribution >= 0.6 is 0 Å². The second-order valence-electron chi connectivity index (χ2n) is 2.62. The van der Waals surface area contributed by atoms with E-state index in [1.807, 2.05) is 18.2 Å². The molecule has 1 aromatic rings. The van der Waals surface area contributed by atoms with Gasteiger partial charge in [0.05, 0.1) is 0 Å². The van der Waals surface area contributed by atoms with Gasteiger partial charge in [0.2, 0.25) is 0 Å². The van der Waals surface area contributed by atoms with Crippen LogP contribution in [0.5, 0.6) is 0 Å². The Morgan fingerprint density at radius 3 is 2.73 bits per heavy atom. The number of carbonyl (C=O) groups excluding carboxylic acids is 1. The van der Waals surface area contributed by atoms with Crippen LogP contribution in [0.15, 0.2) is 24.3 Å². The molecule has 0 saturated carbocycles. The van der Waals surface area contributed by atoms with Crippen molar-refractivity contribution in [1.29, 1.82) is 0 Å². The van der Waals surface area contributed by atoms with E-state index in [0.29, 0.717) is 6.42 Å². The molecule has 0 aromatic heterocycles. The summed E-state index contributed by atoms with van der Waals surface area (Å²) < 4.78 is 0. The minimum absolute atomic E-state index is 0. The summed E-state index contributed by atoms with van der Waals surface area (Å²) in [5.74, 6) is 0.285. The highest BCUT2D eigenvalue weighted by molar-refractivity contribution is 5.97. The second kappa shape index (κ2) is 2.84. The van der Waals surface area contributed by atoms with Gasteiger partial charge >= 0.3 is 0 Å². The number of benzene rings is 1. The summed E-state index contributed by atoms with van der Waals surface area (Å²) in [5, 5.41) is 0. The van der Waals surface area contributed by atoms with E-state index in [1.165, 1.54) is 5.56 Å². The van der Waals surface area contributed by atoms with Crippen molar-refractivity contribution < 1.29 is 4.79 Å². The van der Waals surface area contributed by atoms with Crippen LogP contribution in [-0.4, -0.2) is 5.78 Å². The molecule has 11 heavy (non-hydrogen) atoms. The van der Waals surface area contributed by atoms with Gasteiger partial charge in [0, 0.05) is 12.0 Å². The van der Waals surface area contributed by atoms with Gasteiger partial charge in [-0.15, -0.1) is 0 Å². The van der Waals surface area contributed by atoms with E-state index in [2.05, 4.69) is 6.07 Å². The number of Topliss-reactive ketones (excluding diaryl/α,β-unsaturated/α-hetero) is 1. The number of hydrogen-bond donors (Lipinski definition) is 1. The molecule has 2 heteroatoms. The van der Waals surface area contributed by atoms with Crippen molar-refractivity contribution in [2.24, 2.45) is 0 Å². The van der Waals surface area contributed by atoms with Crippen LogP contribution in [0.4, 0.5) is 0 Å². The number of rotatable bonds is 0. The number of aryl methyl sites for hydroxylation is 1. The summed E-state index contributed by atoms with van der Waals surface area (Å²) in [6, 6.07) is 7.87. The lowest BCUT2D eigenvalue weighted by Crippen LogP contribution is -2.06. The Morgan fingerprint density at radius 2 is 2.00 bits per heavy atom. The largest absolute Gasteiger partial charge is 0.344 e. The van der Waals surface area contributed by atoms with Gasteiger partial charge in [-0.1, -0.05) is 18.2 Å². The van der Waals surface area contributed by atoms with Crippen LogP contribution in [0.3, 0.4) is 0 Å². The standard InChI is InChI=1S/C9H8O.H3N/c10-9-5-4-7-2-1-3-8(9)6-7;/h1-3,6H,4-5H2;1H3. The minimum Gasteiger partial charge on any atom is -0.344 e. The van der Waals surface area contributed by atoms with Gasteiger partial charge in [-0.2, -0.15) is 0 Å². The number of ketones is 1. The van der Waals surface area contributed by atoms with E-state index in [-0.39, 0.29) is 11.9 Å². The number of hydrogen-bond acceptors (Lipinski definition) is 2. The summed E-state index contributed by atoms with van der Waals surface area (Å²) in [6.07, 6.45) is 1.62. The topological polar surface area (TPSA) is 52.1 Å². The van der Waals surface area contributed by atoms with Gasteiger partial charge in [0.25, 0.3) is 0 Å². The number of carbonyl (C=O) groups is 1. The average molecular weight is 149 g/mol. The molecule has 2 bridgehead atoms. The summed E-state index contributed by atoms with van der Waals surface area (Å²) in [4.78, 5) is 11.1. The zero-order valence-electron chi connectivity index (χ0n) is 6.34. The van der Waals surface area contributed by atoms with E-state index < -0.39 is 0 Å². The van der Waals surface area contributed by atoms with Gasteiger partial charge in [-0.05, 0) is 18.1 Å². The molecule has 0 spiro atoms. The molecule has 0 radical (unpaired) electrons. The van der Waals surface area contributed by atoms with Crippen LogP contribution in [0.1, 0.15) is 22.3 Å². The third-order valence-electron chi connectivity index (χ3n) is 1.89. The smallest absolute Gasteiger partial charge is 0.163 e. The Kier molecular flexibility index (Phi) is 2.06. The van der Waals surface area contributed by atoms with E-state index in [4.69, 9.17) is 0 Å². The monoisotopic (exact) mass is 149 g/mol. The molecule has 58 valence electrons. The quantitative estimate of drug-likeness (QED) is 0.613.